The van der Waals surface area contributed by atoms with E-state index in [2.05, 4.69) is 91.6 Å². The Kier molecular flexibility index (Phi) is 4.37. The zero-order valence-corrected chi connectivity index (χ0v) is 15.4. The van der Waals surface area contributed by atoms with E-state index in [0.29, 0.717) is 0 Å². The van der Waals surface area contributed by atoms with Gasteiger partial charge in [-0.05, 0) is 36.6 Å². The van der Waals surface area contributed by atoms with Gasteiger partial charge in [0.15, 0.2) is 0 Å². The summed E-state index contributed by atoms with van der Waals surface area (Å²) < 4.78 is 0. The molecule has 2 heteroatoms. The maximum Gasteiger partial charge on any atom is 0.0603 e. The van der Waals surface area contributed by atoms with Gasteiger partial charge in [0, 0.05) is 21.6 Å². The van der Waals surface area contributed by atoms with Gasteiger partial charge in [0.2, 0.25) is 0 Å². The van der Waals surface area contributed by atoms with Crippen molar-refractivity contribution in [2.75, 3.05) is 0 Å². The Labute approximate surface area is 153 Å². The lowest BCUT2D eigenvalue weighted by Gasteiger charge is -2.09. The summed E-state index contributed by atoms with van der Waals surface area (Å²) in [7, 11) is 0. The fourth-order valence-electron chi connectivity index (χ4n) is 3.18. The van der Waals surface area contributed by atoms with Crippen molar-refractivity contribution < 1.29 is 0 Å². The molecule has 0 aliphatic heterocycles. The third-order valence-electron chi connectivity index (χ3n) is 4.60. The fraction of sp³-hybridized carbons (Fsp3) is 0.130. The summed E-state index contributed by atoms with van der Waals surface area (Å²) in [5, 5.41) is 1.30. The van der Waals surface area contributed by atoms with Crippen molar-refractivity contribution in [3.63, 3.8) is 0 Å². The van der Waals surface area contributed by atoms with Crippen LogP contribution in [-0.4, -0.2) is 4.98 Å². The molecule has 0 unspecified atom stereocenters. The lowest BCUT2D eigenvalue weighted by Crippen LogP contribution is -1.88. The lowest BCUT2D eigenvalue weighted by molar-refractivity contribution is 1.27. The van der Waals surface area contributed by atoms with Crippen molar-refractivity contribution in [1.82, 2.24) is 4.98 Å². The number of nitrogens with one attached hydrogen (secondary N) is 1. The Morgan fingerprint density at radius 3 is 2.44 bits per heavy atom. The summed E-state index contributed by atoms with van der Waals surface area (Å²) in [4.78, 5) is 4.96. The van der Waals surface area contributed by atoms with E-state index in [-0.39, 0.29) is 0 Å². The number of para-hydroxylation sites is 1. The summed E-state index contributed by atoms with van der Waals surface area (Å²) in [6, 6.07) is 25.9. The van der Waals surface area contributed by atoms with Crippen molar-refractivity contribution in [3.8, 4) is 11.3 Å². The van der Waals surface area contributed by atoms with Gasteiger partial charge in [-0.25, -0.2) is 0 Å². The Hall–Kier alpha value is -2.45. The fourth-order valence-corrected chi connectivity index (χ4v) is 4.44. The molecule has 124 valence electrons. The van der Waals surface area contributed by atoms with Crippen LogP contribution < -0.4 is 0 Å². The largest absolute Gasteiger partial charge is 0.354 e. The molecule has 0 aliphatic carbocycles. The molecule has 4 aromatic rings. The van der Waals surface area contributed by atoms with Crippen molar-refractivity contribution >= 4 is 22.7 Å². The predicted molar refractivity (Wildman–Crippen MR) is 109 cm³/mol. The number of rotatable bonds is 4. The summed E-state index contributed by atoms with van der Waals surface area (Å²) in [5.41, 5.74) is 7.75. The minimum atomic E-state index is 0.981. The molecular weight excluding hydrogens is 322 g/mol. The number of hydrogen-bond acceptors (Lipinski definition) is 1. The standard InChI is InChI=1S/C23H21NS/c1-16-12-13-17(2)19(14-16)15-25-23-20-10-6-7-11-21(20)24-22(23)18-8-4-3-5-9-18/h3-14,24H,15H2,1-2H3. The molecule has 0 bridgehead atoms. The number of thioether (sulfide) groups is 1. The summed E-state index contributed by atoms with van der Waals surface area (Å²) in [5.74, 6) is 0.981. The zero-order chi connectivity index (χ0) is 17.2. The van der Waals surface area contributed by atoms with Gasteiger partial charge in [-0.3, -0.25) is 0 Å². The minimum Gasteiger partial charge on any atom is -0.354 e. The average molecular weight is 343 g/mol. The van der Waals surface area contributed by atoms with E-state index >= 15 is 0 Å². The number of H-pyrrole nitrogens is 1. The zero-order valence-electron chi connectivity index (χ0n) is 14.5. The topological polar surface area (TPSA) is 15.8 Å². The van der Waals surface area contributed by atoms with Gasteiger partial charge in [0.1, 0.15) is 0 Å². The number of benzene rings is 3. The molecule has 0 amide bonds. The van der Waals surface area contributed by atoms with Crippen LogP contribution in [0.5, 0.6) is 0 Å². The molecule has 1 nitrogen and oxygen atoms in total. The highest BCUT2D eigenvalue weighted by Gasteiger charge is 2.14. The van der Waals surface area contributed by atoms with Crippen molar-refractivity contribution in [2.45, 2.75) is 24.5 Å². The van der Waals surface area contributed by atoms with Gasteiger partial charge in [-0.15, -0.1) is 11.8 Å². The number of aromatic amines is 1. The smallest absolute Gasteiger partial charge is 0.0603 e. The Balaban J connectivity index is 1.76. The van der Waals surface area contributed by atoms with Gasteiger partial charge in [-0.1, -0.05) is 72.3 Å². The Bertz CT molecular complexity index is 1010. The van der Waals surface area contributed by atoms with E-state index < -0.39 is 0 Å². The van der Waals surface area contributed by atoms with E-state index in [4.69, 9.17) is 0 Å². The quantitative estimate of drug-likeness (QED) is 0.405. The number of fused-ring (bicyclic) bond motifs is 1. The van der Waals surface area contributed by atoms with Crippen LogP contribution in [0, 0.1) is 13.8 Å². The summed E-state index contributed by atoms with van der Waals surface area (Å²) >= 11 is 1.92. The van der Waals surface area contributed by atoms with Crippen molar-refractivity contribution in [3.05, 3.63) is 89.5 Å². The van der Waals surface area contributed by atoms with Crippen LogP contribution >= 0.6 is 11.8 Å². The van der Waals surface area contributed by atoms with Gasteiger partial charge >= 0.3 is 0 Å². The molecule has 0 radical (unpaired) electrons. The molecule has 1 aromatic heterocycles. The molecule has 1 heterocycles. The second-order valence-electron chi connectivity index (χ2n) is 6.46. The minimum absolute atomic E-state index is 0.981. The van der Waals surface area contributed by atoms with E-state index in [0.717, 1.165) is 5.75 Å². The van der Waals surface area contributed by atoms with Crippen molar-refractivity contribution in [1.29, 1.82) is 0 Å². The molecule has 0 saturated heterocycles. The Morgan fingerprint density at radius 2 is 1.60 bits per heavy atom. The number of aryl methyl sites for hydroxylation is 2. The highest BCUT2D eigenvalue weighted by atomic mass is 32.2. The third kappa shape index (κ3) is 3.22. The molecule has 1 N–H and O–H groups in total. The van der Waals surface area contributed by atoms with Gasteiger partial charge in [-0.2, -0.15) is 0 Å². The number of hydrogen-bond donors (Lipinski definition) is 1. The SMILES string of the molecule is Cc1ccc(C)c(CSc2c(-c3ccccc3)[nH]c3ccccc23)c1. The molecule has 25 heavy (non-hydrogen) atoms. The molecule has 0 saturated carbocycles. The first kappa shape index (κ1) is 16.0. The van der Waals surface area contributed by atoms with Crippen LogP contribution in [0.2, 0.25) is 0 Å². The summed E-state index contributed by atoms with van der Waals surface area (Å²) in [6.45, 7) is 4.36. The highest BCUT2D eigenvalue weighted by Crippen LogP contribution is 2.39. The monoisotopic (exact) mass is 343 g/mol. The van der Waals surface area contributed by atoms with Crippen LogP contribution in [0.1, 0.15) is 16.7 Å². The maximum atomic E-state index is 3.62. The molecule has 0 aliphatic rings. The lowest BCUT2D eigenvalue weighted by atomic mass is 10.1. The molecule has 0 spiro atoms. The molecule has 0 atom stereocenters. The van der Waals surface area contributed by atoms with Crippen LogP contribution in [0.15, 0.2) is 77.7 Å². The second kappa shape index (κ2) is 6.81. The van der Waals surface area contributed by atoms with Gasteiger partial charge < -0.3 is 4.98 Å². The molecule has 0 fully saturated rings. The van der Waals surface area contributed by atoms with Crippen LogP contribution in [0.3, 0.4) is 0 Å². The van der Waals surface area contributed by atoms with E-state index in [1.54, 1.807) is 0 Å². The first-order valence-electron chi connectivity index (χ1n) is 8.57. The first-order valence-corrected chi connectivity index (χ1v) is 9.56. The first-order chi connectivity index (χ1) is 12.2. The van der Waals surface area contributed by atoms with Gasteiger partial charge in [0.05, 0.1) is 5.69 Å². The average Bonchev–Trinajstić information content (AvgIpc) is 3.02. The molecular formula is C23H21NS. The van der Waals surface area contributed by atoms with E-state index in [1.807, 2.05) is 11.8 Å². The Morgan fingerprint density at radius 1 is 0.840 bits per heavy atom. The summed E-state index contributed by atoms with van der Waals surface area (Å²) in [6.07, 6.45) is 0. The van der Waals surface area contributed by atoms with Gasteiger partial charge in [0.25, 0.3) is 0 Å². The third-order valence-corrected chi connectivity index (χ3v) is 5.77. The van der Waals surface area contributed by atoms with Crippen LogP contribution in [0.4, 0.5) is 0 Å². The van der Waals surface area contributed by atoms with E-state index in [9.17, 15) is 0 Å². The molecule has 4 rings (SSSR count). The number of aromatic nitrogens is 1. The van der Waals surface area contributed by atoms with Crippen LogP contribution in [-0.2, 0) is 5.75 Å². The highest BCUT2D eigenvalue weighted by molar-refractivity contribution is 7.98. The normalized spacial score (nSPS) is 11.1. The van der Waals surface area contributed by atoms with E-state index in [1.165, 1.54) is 43.7 Å². The predicted octanol–water partition coefficient (Wildman–Crippen LogP) is 6.74. The molecule has 3 aromatic carbocycles. The second-order valence-corrected chi connectivity index (χ2v) is 7.44. The van der Waals surface area contributed by atoms with Crippen molar-refractivity contribution in [2.24, 2.45) is 0 Å². The van der Waals surface area contributed by atoms with Crippen LogP contribution in [0.25, 0.3) is 22.2 Å². The maximum absolute atomic E-state index is 3.62.